The number of amides is 2. The van der Waals surface area contributed by atoms with Crippen molar-refractivity contribution in [1.29, 1.82) is 0 Å². The second-order valence-corrected chi connectivity index (χ2v) is 5.54. The predicted molar refractivity (Wildman–Crippen MR) is 69.9 cm³/mol. The number of thioether (sulfide) groups is 1. The van der Waals surface area contributed by atoms with Gasteiger partial charge in [-0.2, -0.15) is 11.8 Å². The molecule has 5 heteroatoms. The van der Waals surface area contributed by atoms with Gasteiger partial charge in [-0.3, -0.25) is 0 Å². The van der Waals surface area contributed by atoms with E-state index in [0.29, 0.717) is 13.1 Å². The summed E-state index contributed by atoms with van der Waals surface area (Å²) in [6.07, 6.45) is 2.01. The molecule has 4 nitrogen and oxygen atoms in total. The number of aliphatic hydroxyl groups is 1. The second kappa shape index (κ2) is 7.01. The number of hydrogen-bond acceptors (Lipinski definition) is 3. The van der Waals surface area contributed by atoms with Crippen LogP contribution >= 0.6 is 11.8 Å². The van der Waals surface area contributed by atoms with Crippen molar-refractivity contribution in [1.82, 2.24) is 10.2 Å². The molecule has 0 saturated carbocycles. The van der Waals surface area contributed by atoms with E-state index in [4.69, 9.17) is 0 Å². The third kappa shape index (κ3) is 6.95. The van der Waals surface area contributed by atoms with E-state index in [1.54, 1.807) is 30.5 Å². The zero-order chi connectivity index (χ0) is 12.8. The van der Waals surface area contributed by atoms with Crippen LogP contribution in [0.3, 0.4) is 0 Å². The molecule has 1 atom stereocenters. The number of carbonyl (C=O) groups is 1. The summed E-state index contributed by atoms with van der Waals surface area (Å²) in [5.74, 6) is 0.895. The van der Waals surface area contributed by atoms with Crippen LogP contribution in [-0.4, -0.2) is 52.8 Å². The molecule has 0 aliphatic carbocycles. The van der Waals surface area contributed by atoms with Gasteiger partial charge in [0.25, 0.3) is 0 Å². The van der Waals surface area contributed by atoms with Gasteiger partial charge in [0, 0.05) is 18.3 Å². The van der Waals surface area contributed by atoms with Crippen molar-refractivity contribution in [2.75, 3.05) is 25.1 Å². The Morgan fingerprint density at radius 2 is 2.12 bits per heavy atom. The van der Waals surface area contributed by atoms with E-state index in [-0.39, 0.29) is 12.1 Å². The highest BCUT2D eigenvalue weighted by molar-refractivity contribution is 7.98. The predicted octanol–water partition coefficient (Wildman–Crippen LogP) is 1.54. The number of urea groups is 1. The molecule has 0 aromatic heterocycles. The molecule has 0 aliphatic rings. The van der Waals surface area contributed by atoms with Gasteiger partial charge in [0.05, 0.1) is 12.1 Å². The highest BCUT2D eigenvalue weighted by atomic mass is 32.2. The quantitative estimate of drug-likeness (QED) is 0.749. The first-order valence-corrected chi connectivity index (χ1v) is 6.96. The first-order chi connectivity index (χ1) is 7.30. The molecule has 0 radical (unpaired) electrons. The third-order valence-electron chi connectivity index (χ3n) is 2.03. The molecule has 2 N–H and O–H groups in total. The minimum absolute atomic E-state index is 0.105. The van der Waals surface area contributed by atoms with Crippen molar-refractivity contribution in [2.45, 2.75) is 39.3 Å². The van der Waals surface area contributed by atoms with Crippen LogP contribution in [0, 0.1) is 0 Å². The Bertz CT molecular complexity index is 217. The smallest absolute Gasteiger partial charge is 0.317 e. The Morgan fingerprint density at radius 1 is 1.56 bits per heavy atom. The van der Waals surface area contributed by atoms with Gasteiger partial charge in [0.2, 0.25) is 0 Å². The van der Waals surface area contributed by atoms with Gasteiger partial charge in [-0.25, -0.2) is 4.79 Å². The van der Waals surface area contributed by atoms with E-state index < -0.39 is 5.60 Å². The van der Waals surface area contributed by atoms with Crippen LogP contribution in [0.15, 0.2) is 0 Å². The Balaban J connectivity index is 4.21. The average Bonchev–Trinajstić information content (AvgIpc) is 2.12. The molecule has 96 valence electrons. The Kier molecular flexibility index (Phi) is 6.83. The molecule has 1 unspecified atom stereocenters. The Morgan fingerprint density at radius 3 is 2.50 bits per heavy atom. The van der Waals surface area contributed by atoms with Crippen LogP contribution in [0.1, 0.15) is 27.7 Å². The number of hydrogen-bond donors (Lipinski definition) is 2. The van der Waals surface area contributed by atoms with E-state index in [0.717, 1.165) is 5.75 Å². The fraction of sp³-hybridized carbons (Fsp3) is 0.909. The maximum atomic E-state index is 11.8. The van der Waals surface area contributed by atoms with E-state index in [2.05, 4.69) is 5.32 Å². The van der Waals surface area contributed by atoms with Crippen LogP contribution in [0.5, 0.6) is 0 Å². The van der Waals surface area contributed by atoms with Crippen LogP contribution in [0.4, 0.5) is 4.79 Å². The fourth-order valence-corrected chi connectivity index (χ4v) is 1.97. The van der Waals surface area contributed by atoms with Crippen molar-refractivity contribution in [3.63, 3.8) is 0 Å². The second-order valence-electron chi connectivity index (χ2n) is 4.63. The number of nitrogens with one attached hydrogen (secondary N) is 1. The molecule has 0 bridgehead atoms. The summed E-state index contributed by atoms with van der Waals surface area (Å²) >= 11 is 1.70. The molecule has 0 saturated heterocycles. The topological polar surface area (TPSA) is 52.6 Å². The lowest BCUT2D eigenvalue weighted by Gasteiger charge is -2.29. The molecule has 0 fully saturated rings. The normalized spacial score (nSPS) is 13.4. The van der Waals surface area contributed by atoms with Gasteiger partial charge in [-0.1, -0.05) is 0 Å². The number of carbonyl (C=O) groups excluding carboxylic acids is 1. The van der Waals surface area contributed by atoms with Gasteiger partial charge in [0.15, 0.2) is 0 Å². The number of likely N-dealkylation sites (N-methyl/N-ethyl adjacent to an activating group) is 1. The van der Waals surface area contributed by atoms with Gasteiger partial charge >= 0.3 is 6.03 Å². The maximum absolute atomic E-state index is 11.8. The first-order valence-electron chi connectivity index (χ1n) is 5.57. The molecular formula is C11H24N2O2S. The minimum atomic E-state index is -0.851. The molecule has 0 spiro atoms. The van der Waals surface area contributed by atoms with Crippen molar-refractivity contribution < 1.29 is 9.90 Å². The largest absolute Gasteiger partial charge is 0.389 e. The summed E-state index contributed by atoms with van der Waals surface area (Å²) in [4.78, 5) is 13.5. The maximum Gasteiger partial charge on any atom is 0.317 e. The average molecular weight is 248 g/mol. The summed E-state index contributed by atoms with van der Waals surface area (Å²) < 4.78 is 0. The van der Waals surface area contributed by atoms with Crippen LogP contribution in [0.2, 0.25) is 0 Å². The van der Waals surface area contributed by atoms with Crippen LogP contribution in [0.25, 0.3) is 0 Å². The molecule has 16 heavy (non-hydrogen) atoms. The van der Waals surface area contributed by atoms with Gasteiger partial charge in [-0.05, 0) is 34.0 Å². The SMILES string of the molecule is CCN(CC(C)(C)O)C(=O)NC(C)CSC. The third-order valence-corrected chi connectivity index (χ3v) is 2.87. The van der Waals surface area contributed by atoms with Crippen molar-refractivity contribution in [3.05, 3.63) is 0 Å². The molecule has 0 rings (SSSR count). The lowest BCUT2D eigenvalue weighted by molar-refractivity contribution is 0.0477. The monoisotopic (exact) mass is 248 g/mol. The molecule has 0 heterocycles. The zero-order valence-corrected chi connectivity index (χ0v) is 11.7. The van der Waals surface area contributed by atoms with Gasteiger partial charge in [0.1, 0.15) is 0 Å². The van der Waals surface area contributed by atoms with Crippen LogP contribution in [-0.2, 0) is 0 Å². The number of rotatable bonds is 6. The van der Waals surface area contributed by atoms with E-state index in [1.165, 1.54) is 0 Å². The molecule has 2 amide bonds. The van der Waals surface area contributed by atoms with Crippen molar-refractivity contribution in [3.8, 4) is 0 Å². The van der Waals surface area contributed by atoms with E-state index in [9.17, 15) is 9.90 Å². The number of nitrogens with zero attached hydrogens (tertiary/aromatic N) is 1. The van der Waals surface area contributed by atoms with Gasteiger partial charge < -0.3 is 15.3 Å². The van der Waals surface area contributed by atoms with E-state index >= 15 is 0 Å². The summed E-state index contributed by atoms with van der Waals surface area (Å²) in [5.41, 5.74) is -0.851. The Hall–Kier alpha value is -0.420. The fourth-order valence-electron chi connectivity index (χ4n) is 1.39. The minimum Gasteiger partial charge on any atom is -0.389 e. The molecule has 0 aromatic rings. The molecule has 0 aromatic carbocycles. The van der Waals surface area contributed by atoms with E-state index in [1.807, 2.05) is 20.1 Å². The lowest BCUT2D eigenvalue weighted by Crippen LogP contribution is -2.49. The van der Waals surface area contributed by atoms with Crippen molar-refractivity contribution >= 4 is 17.8 Å². The highest BCUT2D eigenvalue weighted by Gasteiger charge is 2.21. The molecular weight excluding hydrogens is 224 g/mol. The first kappa shape index (κ1) is 15.6. The summed E-state index contributed by atoms with van der Waals surface area (Å²) in [6.45, 7) is 8.24. The summed E-state index contributed by atoms with van der Waals surface area (Å²) in [7, 11) is 0. The lowest BCUT2D eigenvalue weighted by atomic mass is 10.1. The molecule has 0 aliphatic heterocycles. The summed E-state index contributed by atoms with van der Waals surface area (Å²) in [6, 6.07) is 0.0459. The zero-order valence-electron chi connectivity index (χ0n) is 10.9. The summed E-state index contributed by atoms with van der Waals surface area (Å²) in [5, 5.41) is 12.6. The highest BCUT2D eigenvalue weighted by Crippen LogP contribution is 2.05. The Labute approximate surface area is 103 Å². The van der Waals surface area contributed by atoms with Gasteiger partial charge in [-0.15, -0.1) is 0 Å². The van der Waals surface area contributed by atoms with Crippen molar-refractivity contribution in [2.24, 2.45) is 0 Å². The standard InChI is InChI=1S/C11H24N2O2S/c1-6-13(8-11(3,4)15)10(14)12-9(2)7-16-5/h9,15H,6-8H2,1-5H3,(H,12,14). The van der Waals surface area contributed by atoms with Crippen LogP contribution < -0.4 is 5.32 Å².